The van der Waals surface area contributed by atoms with Crippen molar-refractivity contribution in [3.8, 4) is 0 Å². The molecule has 0 aliphatic carbocycles. The standard InChI is InChI=1S/C12H19N/c1-9(2)12-6-5-11(8-13-4)7-10(12)3/h5-7,9,13H,8H2,1-4H3. The SMILES string of the molecule is CNCc1ccc(C(C)C)c(C)c1. The van der Waals surface area contributed by atoms with Gasteiger partial charge in [0.25, 0.3) is 0 Å². The van der Waals surface area contributed by atoms with Crippen LogP contribution in [0.25, 0.3) is 0 Å². The van der Waals surface area contributed by atoms with Gasteiger partial charge in [-0.1, -0.05) is 32.0 Å². The number of benzene rings is 1. The molecule has 1 aromatic rings. The molecule has 0 heterocycles. The number of aryl methyl sites for hydroxylation is 1. The number of hydrogen-bond acceptors (Lipinski definition) is 1. The molecular weight excluding hydrogens is 158 g/mol. The summed E-state index contributed by atoms with van der Waals surface area (Å²) in [7, 11) is 1.98. The van der Waals surface area contributed by atoms with Gasteiger partial charge in [0.2, 0.25) is 0 Å². The Morgan fingerprint density at radius 2 is 2.00 bits per heavy atom. The fraction of sp³-hybridized carbons (Fsp3) is 0.500. The first-order valence-corrected chi connectivity index (χ1v) is 4.89. The quantitative estimate of drug-likeness (QED) is 0.748. The molecule has 0 atom stereocenters. The summed E-state index contributed by atoms with van der Waals surface area (Å²) in [4.78, 5) is 0. The molecule has 1 rings (SSSR count). The fourth-order valence-electron chi connectivity index (χ4n) is 1.70. The molecule has 0 fully saturated rings. The fourth-order valence-corrected chi connectivity index (χ4v) is 1.70. The lowest BCUT2D eigenvalue weighted by Crippen LogP contribution is -2.05. The third-order valence-electron chi connectivity index (χ3n) is 2.34. The van der Waals surface area contributed by atoms with Crippen molar-refractivity contribution in [2.45, 2.75) is 33.2 Å². The van der Waals surface area contributed by atoms with Gasteiger partial charge in [0.1, 0.15) is 0 Å². The van der Waals surface area contributed by atoms with Gasteiger partial charge in [-0.2, -0.15) is 0 Å². The summed E-state index contributed by atoms with van der Waals surface area (Å²) in [6.07, 6.45) is 0. The van der Waals surface area contributed by atoms with E-state index in [0.29, 0.717) is 5.92 Å². The van der Waals surface area contributed by atoms with E-state index < -0.39 is 0 Å². The Bertz CT molecular complexity index is 276. The average Bonchev–Trinajstić information content (AvgIpc) is 2.04. The van der Waals surface area contributed by atoms with Gasteiger partial charge in [0, 0.05) is 6.54 Å². The second-order valence-electron chi connectivity index (χ2n) is 3.88. The molecule has 1 N–H and O–H groups in total. The van der Waals surface area contributed by atoms with Crippen LogP contribution in [-0.4, -0.2) is 7.05 Å². The summed E-state index contributed by atoms with van der Waals surface area (Å²) in [5.74, 6) is 0.628. The summed E-state index contributed by atoms with van der Waals surface area (Å²) in [6, 6.07) is 6.72. The molecule has 1 heteroatoms. The normalized spacial score (nSPS) is 10.8. The zero-order valence-corrected chi connectivity index (χ0v) is 9.02. The van der Waals surface area contributed by atoms with Crippen molar-refractivity contribution >= 4 is 0 Å². The third kappa shape index (κ3) is 2.56. The van der Waals surface area contributed by atoms with Gasteiger partial charge >= 0.3 is 0 Å². The molecule has 0 amide bonds. The Labute approximate surface area is 81.2 Å². The number of rotatable bonds is 3. The van der Waals surface area contributed by atoms with Crippen molar-refractivity contribution in [3.05, 3.63) is 34.9 Å². The van der Waals surface area contributed by atoms with Gasteiger partial charge in [-0.3, -0.25) is 0 Å². The van der Waals surface area contributed by atoms with Gasteiger partial charge < -0.3 is 5.32 Å². The highest BCUT2D eigenvalue weighted by Gasteiger charge is 2.03. The van der Waals surface area contributed by atoms with Crippen LogP contribution in [0.15, 0.2) is 18.2 Å². The van der Waals surface area contributed by atoms with Crippen molar-refractivity contribution in [3.63, 3.8) is 0 Å². The number of nitrogens with one attached hydrogen (secondary N) is 1. The lowest BCUT2D eigenvalue weighted by Gasteiger charge is -2.11. The van der Waals surface area contributed by atoms with Gasteiger partial charge in [-0.25, -0.2) is 0 Å². The maximum absolute atomic E-state index is 3.16. The summed E-state index contributed by atoms with van der Waals surface area (Å²) < 4.78 is 0. The minimum absolute atomic E-state index is 0.628. The molecule has 72 valence electrons. The lowest BCUT2D eigenvalue weighted by atomic mass is 9.96. The minimum Gasteiger partial charge on any atom is -0.316 e. The van der Waals surface area contributed by atoms with Gasteiger partial charge in [0.15, 0.2) is 0 Å². The zero-order chi connectivity index (χ0) is 9.84. The maximum Gasteiger partial charge on any atom is 0.0202 e. The van der Waals surface area contributed by atoms with Crippen LogP contribution >= 0.6 is 0 Å². The van der Waals surface area contributed by atoms with Crippen molar-refractivity contribution in [2.24, 2.45) is 0 Å². The molecular formula is C12H19N. The van der Waals surface area contributed by atoms with E-state index in [0.717, 1.165) is 6.54 Å². The topological polar surface area (TPSA) is 12.0 Å². The van der Waals surface area contributed by atoms with Crippen LogP contribution in [0.2, 0.25) is 0 Å². The van der Waals surface area contributed by atoms with Crippen LogP contribution in [0.5, 0.6) is 0 Å². The molecule has 0 saturated heterocycles. The van der Waals surface area contributed by atoms with E-state index in [-0.39, 0.29) is 0 Å². The van der Waals surface area contributed by atoms with E-state index in [2.05, 4.69) is 44.3 Å². The van der Waals surface area contributed by atoms with Crippen LogP contribution < -0.4 is 5.32 Å². The van der Waals surface area contributed by atoms with Gasteiger partial charge in [-0.15, -0.1) is 0 Å². The zero-order valence-electron chi connectivity index (χ0n) is 9.02. The van der Waals surface area contributed by atoms with Crippen molar-refractivity contribution < 1.29 is 0 Å². The molecule has 13 heavy (non-hydrogen) atoms. The highest BCUT2D eigenvalue weighted by molar-refractivity contribution is 5.32. The van der Waals surface area contributed by atoms with E-state index in [1.807, 2.05) is 7.05 Å². The summed E-state index contributed by atoms with van der Waals surface area (Å²) >= 11 is 0. The number of hydrogen-bond donors (Lipinski definition) is 1. The van der Waals surface area contributed by atoms with Crippen molar-refractivity contribution in [2.75, 3.05) is 7.05 Å². The van der Waals surface area contributed by atoms with E-state index in [1.165, 1.54) is 16.7 Å². The third-order valence-corrected chi connectivity index (χ3v) is 2.34. The van der Waals surface area contributed by atoms with Crippen molar-refractivity contribution in [1.29, 1.82) is 0 Å². The first kappa shape index (κ1) is 10.3. The lowest BCUT2D eigenvalue weighted by molar-refractivity contribution is 0.809. The molecule has 0 spiro atoms. The molecule has 0 aliphatic heterocycles. The summed E-state index contributed by atoms with van der Waals surface area (Å²) in [6.45, 7) is 7.62. The second-order valence-corrected chi connectivity index (χ2v) is 3.88. The van der Waals surface area contributed by atoms with E-state index in [1.54, 1.807) is 0 Å². The average molecular weight is 177 g/mol. The molecule has 1 nitrogen and oxygen atoms in total. The Balaban J connectivity index is 2.92. The molecule has 0 radical (unpaired) electrons. The predicted octanol–water partition coefficient (Wildman–Crippen LogP) is 2.84. The second kappa shape index (κ2) is 4.43. The Kier molecular flexibility index (Phi) is 3.49. The smallest absolute Gasteiger partial charge is 0.0202 e. The Hall–Kier alpha value is -0.820. The van der Waals surface area contributed by atoms with Gasteiger partial charge in [-0.05, 0) is 36.6 Å². The predicted molar refractivity (Wildman–Crippen MR) is 58.0 cm³/mol. The largest absolute Gasteiger partial charge is 0.316 e. The van der Waals surface area contributed by atoms with E-state index in [4.69, 9.17) is 0 Å². The minimum atomic E-state index is 0.628. The maximum atomic E-state index is 3.16. The van der Waals surface area contributed by atoms with E-state index >= 15 is 0 Å². The summed E-state index contributed by atoms with van der Waals surface area (Å²) in [5, 5.41) is 3.16. The molecule has 1 aromatic carbocycles. The van der Waals surface area contributed by atoms with Gasteiger partial charge in [0.05, 0.1) is 0 Å². The van der Waals surface area contributed by atoms with Crippen molar-refractivity contribution in [1.82, 2.24) is 5.32 Å². The molecule has 0 unspecified atom stereocenters. The monoisotopic (exact) mass is 177 g/mol. The van der Waals surface area contributed by atoms with Crippen LogP contribution in [0.3, 0.4) is 0 Å². The Morgan fingerprint density at radius 3 is 2.46 bits per heavy atom. The van der Waals surface area contributed by atoms with E-state index in [9.17, 15) is 0 Å². The molecule has 0 bridgehead atoms. The summed E-state index contributed by atoms with van der Waals surface area (Å²) in [5.41, 5.74) is 4.23. The van der Waals surface area contributed by atoms with Crippen LogP contribution in [0.1, 0.15) is 36.5 Å². The van der Waals surface area contributed by atoms with Crippen LogP contribution in [-0.2, 0) is 6.54 Å². The highest BCUT2D eigenvalue weighted by Crippen LogP contribution is 2.19. The van der Waals surface area contributed by atoms with Crippen LogP contribution in [0.4, 0.5) is 0 Å². The first-order valence-electron chi connectivity index (χ1n) is 4.89. The first-order chi connectivity index (χ1) is 6.15. The highest BCUT2D eigenvalue weighted by atomic mass is 14.8. The molecule has 0 aliphatic rings. The van der Waals surface area contributed by atoms with Crippen LogP contribution in [0, 0.1) is 6.92 Å². The molecule has 0 saturated carbocycles. The Morgan fingerprint density at radius 1 is 1.31 bits per heavy atom. The molecule has 0 aromatic heterocycles.